The molecule has 0 atom stereocenters. The van der Waals surface area contributed by atoms with Crippen molar-refractivity contribution in [2.24, 2.45) is 0 Å². The average molecular weight is 487 g/mol. The van der Waals surface area contributed by atoms with E-state index in [1.807, 2.05) is 19.1 Å². The van der Waals surface area contributed by atoms with Gasteiger partial charge in [0.25, 0.3) is 15.9 Å². The van der Waals surface area contributed by atoms with Crippen LogP contribution in [0.25, 0.3) is 10.6 Å². The number of carbonyl (C=O) groups excluding carboxylic acids is 1. The molecule has 3 heterocycles. The smallest absolute Gasteiger partial charge is 0.283 e. The zero-order valence-electron chi connectivity index (χ0n) is 17.2. The van der Waals surface area contributed by atoms with E-state index in [4.69, 9.17) is 11.6 Å². The van der Waals surface area contributed by atoms with Crippen LogP contribution < -0.4 is 0 Å². The second kappa shape index (κ2) is 9.38. The zero-order valence-corrected chi connectivity index (χ0v) is 19.5. The molecule has 2 aromatic heterocycles. The number of benzene rings is 1. The first-order valence-corrected chi connectivity index (χ1v) is 12.4. The Hall–Kier alpha value is -2.77. The van der Waals surface area contributed by atoms with Crippen LogP contribution in [0.3, 0.4) is 0 Å². The Labute approximate surface area is 195 Å². The van der Waals surface area contributed by atoms with Crippen molar-refractivity contribution in [1.82, 2.24) is 19.2 Å². The summed E-state index contributed by atoms with van der Waals surface area (Å²) in [5.74, 6) is 2.53. The molecule has 1 aliphatic heterocycles. The van der Waals surface area contributed by atoms with E-state index in [-0.39, 0.29) is 19.0 Å². The minimum Gasteiger partial charge on any atom is -0.335 e. The number of pyridine rings is 1. The van der Waals surface area contributed by atoms with E-state index in [0.29, 0.717) is 34.2 Å². The van der Waals surface area contributed by atoms with E-state index in [0.717, 1.165) is 10.6 Å². The van der Waals surface area contributed by atoms with E-state index in [1.54, 1.807) is 41.6 Å². The molecule has 0 saturated carbocycles. The standard InChI is InChI=1S/C22H19ClN4O3S2/c1-16-20(31-21(25-16)18-6-9-24-10-7-18)22(28)26-11-13-27(14-12-26)32(29,30)15-8-17-2-4-19(23)5-3-17/h2-7,9-10H,11-14H2,1H3. The summed E-state index contributed by atoms with van der Waals surface area (Å²) < 4.78 is 26.5. The fraction of sp³-hybridized carbons (Fsp3) is 0.227. The van der Waals surface area contributed by atoms with Gasteiger partial charge in [-0.05, 0) is 49.2 Å². The number of hydrogen-bond acceptors (Lipinski definition) is 6. The lowest BCUT2D eigenvalue weighted by Gasteiger charge is -2.32. The normalized spacial score (nSPS) is 14.6. The Kier molecular flexibility index (Phi) is 6.58. The molecule has 4 rings (SSSR count). The number of carbonyl (C=O) groups is 1. The molecule has 7 nitrogen and oxygen atoms in total. The van der Waals surface area contributed by atoms with E-state index in [2.05, 4.69) is 21.1 Å². The first-order valence-electron chi connectivity index (χ1n) is 9.79. The van der Waals surface area contributed by atoms with Crippen LogP contribution in [0.5, 0.6) is 0 Å². The highest BCUT2D eigenvalue weighted by Crippen LogP contribution is 2.28. The van der Waals surface area contributed by atoms with Gasteiger partial charge in [0.2, 0.25) is 0 Å². The second-order valence-corrected chi connectivity index (χ2v) is 10.2. The maximum Gasteiger partial charge on any atom is 0.283 e. The van der Waals surface area contributed by atoms with Gasteiger partial charge >= 0.3 is 0 Å². The summed E-state index contributed by atoms with van der Waals surface area (Å²) in [5.41, 5.74) is 2.13. The summed E-state index contributed by atoms with van der Waals surface area (Å²) in [6.45, 7) is 2.78. The number of hydrogen-bond donors (Lipinski definition) is 0. The van der Waals surface area contributed by atoms with E-state index >= 15 is 0 Å². The van der Waals surface area contributed by atoms with Gasteiger partial charge < -0.3 is 4.90 Å². The molecule has 0 unspecified atom stereocenters. The van der Waals surface area contributed by atoms with Crippen LogP contribution in [-0.4, -0.2) is 59.7 Å². The van der Waals surface area contributed by atoms with Crippen LogP contribution >= 0.6 is 22.9 Å². The molecule has 10 heteroatoms. The van der Waals surface area contributed by atoms with Crippen LogP contribution in [0, 0.1) is 18.1 Å². The van der Waals surface area contributed by atoms with Gasteiger partial charge in [-0.3, -0.25) is 9.78 Å². The molecule has 164 valence electrons. The number of halogens is 1. The van der Waals surface area contributed by atoms with Crippen molar-refractivity contribution in [3.8, 4) is 21.7 Å². The number of nitrogens with zero attached hydrogens (tertiary/aromatic N) is 4. The summed E-state index contributed by atoms with van der Waals surface area (Å²) in [6.07, 6.45) is 3.37. The van der Waals surface area contributed by atoms with Gasteiger partial charge in [0.1, 0.15) is 9.88 Å². The van der Waals surface area contributed by atoms with Crippen molar-refractivity contribution in [2.75, 3.05) is 26.2 Å². The molecule has 0 bridgehead atoms. The molecule has 32 heavy (non-hydrogen) atoms. The predicted octanol–water partition coefficient (Wildman–Crippen LogP) is 3.26. The minimum absolute atomic E-state index is 0.135. The monoisotopic (exact) mass is 486 g/mol. The highest BCUT2D eigenvalue weighted by Gasteiger charge is 2.30. The van der Waals surface area contributed by atoms with Gasteiger partial charge in [0, 0.05) is 60.0 Å². The lowest BCUT2D eigenvalue weighted by Crippen LogP contribution is -2.50. The molecule has 0 radical (unpaired) electrons. The van der Waals surface area contributed by atoms with Crippen LogP contribution in [0.4, 0.5) is 0 Å². The van der Waals surface area contributed by atoms with Gasteiger partial charge in [-0.25, -0.2) is 4.98 Å². The first-order chi connectivity index (χ1) is 15.3. The van der Waals surface area contributed by atoms with Crippen molar-refractivity contribution in [2.45, 2.75) is 6.92 Å². The lowest BCUT2D eigenvalue weighted by molar-refractivity contribution is 0.0702. The number of rotatable bonds is 3. The van der Waals surface area contributed by atoms with E-state index in [1.165, 1.54) is 15.6 Å². The van der Waals surface area contributed by atoms with Gasteiger partial charge in [-0.15, -0.1) is 11.3 Å². The molecule has 0 spiro atoms. The van der Waals surface area contributed by atoms with Crippen molar-refractivity contribution in [3.63, 3.8) is 0 Å². The molecule has 1 saturated heterocycles. The van der Waals surface area contributed by atoms with Crippen LogP contribution in [-0.2, 0) is 10.0 Å². The Morgan fingerprint density at radius 2 is 1.72 bits per heavy atom. The van der Waals surface area contributed by atoms with Crippen molar-refractivity contribution in [3.05, 3.63) is 69.9 Å². The fourth-order valence-electron chi connectivity index (χ4n) is 3.21. The van der Waals surface area contributed by atoms with Gasteiger partial charge in [-0.1, -0.05) is 11.6 Å². The SMILES string of the molecule is Cc1nc(-c2ccncc2)sc1C(=O)N1CCN(S(=O)(=O)C#Cc2ccc(Cl)cc2)CC1. The molecule has 1 aromatic carbocycles. The molecule has 0 N–H and O–H groups in total. The lowest BCUT2D eigenvalue weighted by atomic mass is 10.2. The van der Waals surface area contributed by atoms with Crippen molar-refractivity contribution >= 4 is 38.9 Å². The summed E-state index contributed by atoms with van der Waals surface area (Å²) in [4.78, 5) is 23.8. The van der Waals surface area contributed by atoms with E-state index < -0.39 is 10.0 Å². The summed E-state index contributed by atoms with van der Waals surface area (Å²) in [7, 11) is -3.76. The van der Waals surface area contributed by atoms with E-state index in [9.17, 15) is 13.2 Å². The van der Waals surface area contributed by atoms with Gasteiger partial charge in [-0.2, -0.15) is 12.7 Å². The Morgan fingerprint density at radius 3 is 2.38 bits per heavy atom. The van der Waals surface area contributed by atoms with Crippen LogP contribution in [0.1, 0.15) is 20.9 Å². The predicted molar refractivity (Wildman–Crippen MR) is 125 cm³/mol. The van der Waals surface area contributed by atoms with Crippen molar-refractivity contribution in [1.29, 1.82) is 0 Å². The Bertz CT molecular complexity index is 1290. The number of sulfonamides is 1. The third kappa shape index (κ3) is 5.00. The zero-order chi connectivity index (χ0) is 22.7. The topological polar surface area (TPSA) is 83.5 Å². The van der Waals surface area contributed by atoms with Crippen LogP contribution in [0.15, 0.2) is 48.8 Å². The maximum absolute atomic E-state index is 13.0. The Balaban J connectivity index is 1.42. The third-order valence-corrected chi connectivity index (χ3v) is 7.80. The quantitative estimate of drug-likeness (QED) is 0.530. The first kappa shape index (κ1) is 22.4. The molecule has 3 aromatic rings. The van der Waals surface area contributed by atoms with Crippen molar-refractivity contribution < 1.29 is 13.2 Å². The third-order valence-electron chi connectivity index (χ3n) is 4.95. The number of aromatic nitrogens is 2. The molecule has 1 amide bonds. The molecule has 1 aliphatic rings. The molecule has 1 fully saturated rings. The minimum atomic E-state index is -3.76. The number of aryl methyl sites for hydroxylation is 1. The highest BCUT2D eigenvalue weighted by atomic mass is 35.5. The molecular formula is C22H19ClN4O3S2. The molecule has 0 aliphatic carbocycles. The number of piperazine rings is 1. The maximum atomic E-state index is 13.0. The van der Waals surface area contributed by atoms with Gasteiger partial charge in [0.15, 0.2) is 0 Å². The fourth-order valence-corrected chi connectivity index (χ4v) is 5.39. The summed E-state index contributed by atoms with van der Waals surface area (Å²) in [6, 6.07) is 10.3. The number of amides is 1. The van der Waals surface area contributed by atoms with Gasteiger partial charge in [0.05, 0.1) is 5.69 Å². The Morgan fingerprint density at radius 1 is 1.06 bits per heavy atom. The second-order valence-electron chi connectivity index (χ2n) is 7.10. The summed E-state index contributed by atoms with van der Waals surface area (Å²) in [5, 5.41) is 3.67. The molecular weight excluding hydrogens is 468 g/mol. The van der Waals surface area contributed by atoms with Crippen LogP contribution in [0.2, 0.25) is 5.02 Å². The largest absolute Gasteiger partial charge is 0.335 e. The number of thiazole rings is 1. The average Bonchev–Trinajstić information content (AvgIpc) is 3.20. The summed E-state index contributed by atoms with van der Waals surface area (Å²) >= 11 is 7.17. The highest BCUT2D eigenvalue weighted by molar-refractivity contribution is 7.93.